The second-order valence-electron chi connectivity index (χ2n) is 13.6. The third kappa shape index (κ3) is 5.08. The maximum atomic E-state index is 16.8. The number of nitrogens with one attached hydrogen (secondary N) is 1. The minimum atomic E-state index is -0.791. The van der Waals surface area contributed by atoms with Crippen molar-refractivity contribution in [1.29, 1.82) is 0 Å². The van der Waals surface area contributed by atoms with Gasteiger partial charge in [-0.25, -0.2) is 13.2 Å². The Labute approximate surface area is 265 Å². The lowest BCUT2D eigenvalue weighted by Crippen LogP contribution is -2.52. The molecule has 0 radical (unpaired) electrons. The van der Waals surface area contributed by atoms with E-state index in [-0.39, 0.29) is 50.4 Å². The Morgan fingerprint density at radius 3 is 2.70 bits per heavy atom. The summed E-state index contributed by atoms with van der Waals surface area (Å²) in [6, 6.07) is 5.57. The summed E-state index contributed by atoms with van der Waals surface area (Å²) in [4.78, 5) is 18.2. The van der Waals surface area contributed by atoms with Crippen LogP contribution in [0.25, 0.3) is 32.9 Å². The SMILES string of the molecule is C#Cc1c(F)ccc2cc(O)cc(-c3ncc4c(N5CCNC6(CC6)C5)nc(OCC5(CN6CC[C@@H](F)C6)CCC5)nc4c3F)c12. The topological polar surface area (TPSA) is 86.6 Å². The maximum Gasteiger partial charge on any atom is 0.319 e. The van der Waals surface area contributed by atoms with Crippen molar-refractivity contribution in [2.24, 2.45) is 5.41 Å². The molecule has 0 unspecified atom stereocenters. The number of rotatable bonds is 7. The molecule has 2 saturated heterocycles. The quantitative estimate of drug-likeness (QED) is 0.265. The van der Waals surface area contributed by atoms with Crippen molar-refractivity contribution in [1.82, 2.24) is 25.2 Å². The summed E-state index contributed by atoms with van der Waals surface area (Å²) in [5.74, 6) is 1.42. The van der Waals surface area contributed by atoms with Crippen LogP contribution < -0.4 is 15.0 Å². The minimum Gasteiger partial charge on any atom is -0.508 e. The van der Waals surface area contributed by atoms with E-state index >= 15 is 4.39 Å². The summed E-state index contributed by atoms with van der Waals surface area (Å²) in [6.45, 7) is 4.42. The van der Waals surface area contributed by atoms with Gasteiger partial charge in [0.1, 0.15) is 34.8 Å². The van der Waals surface area contributed by atoms with Crippen LogP contribution in [0.3, 0.4) is 0 Å². The van der Waals surface area contributed by atoms with Crippen molar-refractivity contribution >= 4 is 27.5 Å². The number of likely N-dealkylation sites (tertiary alicyclic amines) is 1. The zero-order chi connectivity index (χ0) is 31.6. The molecule has 4 heterocycles. The lowest BCUT2D eigenvalue weighted by atomic mass is 9.69. The first-order chi connectivity index (χ1) is 22.3. The number of pyridine rings is 1. The summed E-state index contributed by atoms with van der Waals surface area (Å²) >= 11 is 0. The maximum absolute atomic E-state index is 16.8. The van der Waals surface area contributed by atoms with Gasteiger partial charge in [0.05, 0.1) is 17.6 Å². The van der Waals surface area contributed by atoms with Crippen molar-refractivity contribution in [3.8, 4) is 35.4 Å². The van der Waals surface area contributed by atoms with E-state index < -0.39 is 17.8 Å². The second-order valence-corrected chi connectivity index (χ2v) is 13.6. The van der Waals surface area contributed by atoms with E-state index in [0.717, 1.165) is 51.7 Å². The van der Waals surface area contributed by atoms with Crippen LogP contribution in [0.5, 0.6) is 11.8 Å². The molecule has 8 rings (SSSR count). The number of hydrogen-bond acceptors (Lipinski definition) is 8. The van der Waals surface area contributed by atoms with E-state index in [0.29, 0.717) is 49.3 Å². The number of ether oxygens (including phenoxy) is 1. The first kappa shape index (κ1) is 29.3. The number of terminal acetylenes is 1. The Morgan fingerprint density at radius 1 is 1.13 bits per heavy atom. The molecule has 4 fully saturated rings. The number of alkyl halides is 1. The first-order valence-corrected chi connectivity index (χ1v) is 16.0. The number of fused-ring (bicyclic) bond motifs is 2. The van der Waals surface area contributed by atoms with Crippen molar-refractivity contribution < 1.29 is 23.0 Å². The third-order valence-electron chi connectivity index (χ3n) is 10.3. The van der Waals surface area contributed by atoms with Crippen molar-refractivity contribution in [3.63, 3.8) is 0 Å². The predicted octanol–water partition coefficient (Wildman–Crippen LogP) is 5.35. The Bertz CT molecular complexity index is 1900. The molecule has 4 aromatic rings. The Morgan fingerprint density at radius 2 is 1.98 bits per heavy atom. The molecule has 4 aliphatic rings. The lowest BCUT2D eigenvalue weighted by molar-refractivity contribution is 0.0196. The number of halogens is 3. The highest BCUT2D eigenvalue weighted by Gasteiger charge is 2.46. The van der Waals surface area contributed by atoms with E-state index in [2.05, 4.69) is 31.0 Å². The molecule has 2 aromatic carbocycles. The molecule has 1 atom stereocenters. The lowest BCUT2D eigenvalue weighted by Gasteiger charge is -2.43. The Balaban J connectivity index is 1.22. The minimum absolute atomic E-state index is 0.0195. The molecule has 2 aromatic heterocycles. The zero-order valence-electron chi connectivity index (χ0n) is 25.5. The molecule has 8 nitrogen and oxygen atoms in total. The molecule has 46 heavy (non-hydrogen) atoms. The molecule has 11 heteroatoms. The molecule has 2 aliphatic carbocycles. The van der Waals surface area contributed by atoms with Crippen LogP contribution in [-0.2, 0) is 0 Å². The van der Waals surface area contributed by atoms with Crippen molar-refractivity contribution in [2.45, 2.75) is 50.2 Å². The molecule has 2 N–H and O–H groups in total. The molecule has 0 bridgehead atoms. The number of hydrogen-bond donors (Lipinski definition) is 2. The van der Waals surface area contributed by atoms with Gasteiger partial charge in [-0.2, -0.15) is 9.97 Å². The summed E-state index contributed by atoms with van der Waals surface area (Å²) in [5, 5.41) is 15.3. The molecule has 238 valence electrons. The standard InChI is InChI=1S/C35H35F3N6O2/c1-2-24-27(37)5-4-21-14-23(45)15-25(28(21)24)30-29(38)31-26(16-39-30)32(44-13-11-40-35(19-44)9-10-35)42-33(41-31)46-20-34(7-3-8-34)18-43-12-6-22(36)17-43/h1,4-5,14-16,22,40,45H,3,6-13,17-20H2/t22-/m1/s1. The average molecular weight is 629 g/mol. The summed E-state index contributed by atoms with van der Waals surface area (Å²) in [7, 11) is 0. The van der Waals surface area contributed by atoms with Crippen LogP contribution in [0.2, 0.25) is 0 Å². The van der Waals surface area contributed by atoms with E-state index in [1.165, 1.54) is 30.5 Å². The van der Waals surface area contributed by atoms with Gasteiger partial charge in [0.2, 0.25) is 0 Å². The summed E-state index contributed by atoms with van der Waals surface area (Å²) < 4.78 is 51.9. The van der Waals surface area contributed by atoms with Gasteiger partial charge in [0.15, 0.2) is 5.82 Å². The number of aromatic nitrogens is 3. The van der Waals surface area contributed by atoms with Gasteiger partial charge in [-0.1, -0.05) is 18.4 Å². The Kier molecular flexibility index (Phi) is 6.99. The number of aromatic hydroxyl groups is 1. The number of anilines is 1. The van der Waals surface area contributed by atoms with Gasteiger partial charge in [0, 0.05) is 67.4 Å². The molecule has 2 aliphatic heterocycles. The highest BCUT2D eigenvalue weighted by molar-refractivity contribution is 6.03. The van der Waals surface area contributed by atoms with E-state index in [1.54, 1.807) is 0 Å². The molecular formula is C35H35F3N6O2. The number of piperazine rings is 1. The highest BCUT2D eigenvalue weighted by Crippen LogP contribution is 2.44. The zero-order valence-corrected chi connectivity index (χ0v) is 25.5. The molecular weight excluding hydrogens is 593 g/mol. The fourth-order valence-electron chi connectivity index (χ4n) is 7.54. The Hall–Kier alpha value is -4.14. The van der Waals surface area contributed by atoms with Gasteiger partial charge in [-0.3, -0.25) is 9.88 Å². The summed E-state index contributed by atoms with van der Waals surface area (Å²) in [5.41, 5.74) is -0.0818. The number of nitrogens with zero attached hydrogens (tertiary/aromatic N) is 5. The van der Waals surface area contributed by atoms with Gasteiger partial charge < -0.3 is 20.1 Å². The van der Waals surface area contributed by atoms with E-state index in [9.17, 15) is 13.9 Å². The van der Waals surface area contributed by atoms with Gasteiger partial charge in [0.25, 0.3) is 0 Å². The van der Waals surface area contributed by atoms with Crippen LogP contribution >= 0.6 is 0 Å². The molecule has 0 amide bonds. The van der Waals surface area contributed by atoms with E-state index in [4.69, 9.17) is 16.1 Å². The highest BCUT2D eigenvalue weighted by atomic mass is 19.1. The van der Waals surface area contributed by atoms with Crippen molar-refractivity contribution in [3.05, 3.63) is 47.7 Å². The predicted molar refractivity (Wildman–Crippen MR) is 170 cm³/mol. The second kappa shape index (κ2) is 11.0. The van der Waals surface area contributed by atoms with Crippen LogP contribution in [0.15, 0.2) is 30.5 Å². The smallest absolute Gasteiger partial charge is 0.319 e. The van der Waals surface area contributed by atoms with Gasteiger partial charge >= 0.3 is 6.01 Å². The summed E-state index contributed by atoms with van der Waals surface area (Å²) in [6.07, 6.45) is 12.1. The molecule has 1 spiro atoms. The van der Waals surface area contributed by atoms with Crippen LogP contribution in [0.4, 0.5) is 19.0 Å². The van der Waals surface area contributed by atoms with Crippen LogP contribution in [-0.4, -0.2) is 82.5 Å². The fourth-order valence-corrected chi connectivity index (χ4v) is 7.54. The normalized spacial score (nSPS) is 21.9. The van der Waals surface area contributed by atoms with E-state index in [1.807, 2.05) is 0 Å². The first-order valence-electron chi connectivity index (χ1n) is 16.0. The van der Waals surface area contributed by atoms with Crippen LogP contribution in [0.1, 0.15) is 44.1 Å². The fraction of sp³-hybridized carbons (Fsp3) is 0.457. The van der Waals surface area contributed by atoms with Crippen molar-refractivity contribution in [2.75, 3.05) is 50.8 Å². The average Bonchev–Trinajstić information content (AvgIpc) is 3.64. The third-order valence-corrected chi connectivity index (χ3v) is 10.3. The largest absolute Gasteiger partial charge is 0.508 e. The number of phenolic OH excluding ortho intramolecular Hbond substituents is 1. The number of phenols is 1. The monoisotopic (exact) mass is 628 g/mol. The van der Waals surface area contributed by atoms with Gasteiger partial charge in [-0.15, -0.1) is 6.42 Å². The molecule has 2 saturated carbocycles. The van der Waals surface area contributed by atoms with Gasteiger partial charge in [-0.05, 0) is 55.7 Å². The number of benzene rings is 2. The van der Waals surface area contributed by atoms with Crippen LogP contribution in [0, 0.1) is 29.4 Å².